The van der Waals surface area contributed by atoms with Gasteiger partial charge in [0.25, 0.3) is 0 Å². The number of amides is 1. The molecule has 7 heteroatoms. The summed E-state index contributed by atoms with van der Waals surface area (Å²) in [7, 11) is 1.60. The fourth-order valence-electron chi connectivity index (χ4n) is 2.73. The minimum atomic E-state index is 0.0163. The van der Waals surface area contributed by atoms with Gasteiger partial charge in [0.2, 0.25) is 5.91 Å². The van der Waals surface area contributed by atoms with Crippen LogP contribution in [0.2, 0.25) is 5.02 Å². The second kappa shape index (κ2) is 7.02. The molecule has 1 aromatic heterocycles. The van der Waals surface area contributed by atoms with Crippen LogP contribution in [0.4, 0.5) is 5.82 Å². The molecule has 0 aliphatic carbocycles. The third-order valence-corrected chi connectivity index (χ3v) is 4.23. The number of nitrogens with zero attached hydrogens (tertiary/aromatic N) is 1. The lowest BCUT2D eigenvalue weighted by atomic mass is 9.97. The summed E-state index contributed by atoms with van der Waals surface area (Å²) < 4.78 is 5.34. The summed E-state index contributed by atoms with van der Waals surface area (Å²) in [6.07, 6.45) is 1.70. The zero-order chi connectivity index (χ0) is 16.2. The van der Waals surface area contributed by atoms with Gasteiger partial charge in [0, 0.05) is 22.6 Å². The monoisotopic (exact) mass is 334 g/mol. The summed E-state index contributed by atoms with van der Waals surface area (Å²) in [6.45, 7) is 1.76. The molecule has 1 fully saturated rings. The number of nitrogens with one attached hydrogen (secondary N) is 3. The number of hydrogen-bond donors (Lipinski definition) is 3. The first-order valence-electron chi connectivity index (χ1n) is 7.58. The van der Waals surface area contributed by atoms with Crippen molar-refractivity contribution in [2.75, 3.05) is 25.5 Å². The van der Waals surface area contributed by atoms with Gasteiger partial charge in [-0.15, -0.1) is 0 Å². The molecule has 6 nitrogen and oxygen atoms in total. The van der Waals surface area contributed by atoms with E-state index in [0.29, 0.717) is 16.6 Å². The molecular formula is C16H19ClN4O2. The lowest BCUT2D eigenvalue weighted by Gasteiger charge is -2.21. The third-order valence-electron chi connectivity index (χ3n) is 3.99. The molecule has 23 heavy (non-hydrogen) atoms. The van der Waals surface area contributed by atoms with Gasteiger partial charge in [-0.05, 0) is 44.1 Å². The molecule has 3 N–H and O–H groups in total. The molecule has 0 bridgehead atoms. The standard InChI is InChI=1S/C16H19ClN4O2/c1-23-14-3-2-11(17)8-12(14)13-9-15(21-20-13)19-16(22)10-4-6-18-7-5-10/h2-3,8-10,18H,4-7H2,1H3,(H2,19,20,21,22). The molecule has 0 atom stereocenters. The van der Waals surface area contributed by atoms with Crippen molar-refractivity contribution in [3.8, 4) is 17.0 Å². The Labute approximate surface area is 139 Å². The lowest BCUT2D eigenvalue weighted by molar-refractivity contribution is -0.120. The topological polar surface area (TPSA) is 79.0 Å². The van der Waals surface area contributed by atoms with Gasteiger partial charge in [-0.25, -0.2) is 0 Å². The Kier molecular flexibility index (Phi) is 4.83. The number of hydrogen-bond acceptors (Lipinski definition) is 4. The number of carbonyl (C=O) groups excluding carboxylic acids is 1. The molecular weight excluding hydrogens is 316 g/mol. The van der Waals surface area contributed by atoms with Crippen molar-refractivity contribution in [3.63, 3.8) is 0 Å². The summed E-state index contributed by atoms with van der Waals surface area (Å²) >= 11 is 6.05. The molecule has 0 radical (unpaired) electrons. The molecule has 122 valence electrons. The van der Waals surface area contributed by atoms with Gasteiger partial charge in [-0.2, -0.15) is 5.10 Å². The highest BCUT2D eigenvalue weighted by atomic mass is 35.5. The van der Waals surface area contributed by atoms with Crippen molar-refractivity contribution >= 4 is 23.3 Å². The lowest BCUT2D eigenvalue weighted by Crippen LogP contribution is -2.34. The summed E-state index contributed by atoms with van der Waals surface area (Å²) in [5.74, 6) is 1.25. The zero-order valence-electron chi connectivity index (χ0n) is 12.9. The highest BCUT2D eigenvalue weighted by Crippen LogP contribution is 2.32. The molecule has 1 amide bonds. The number of aromatic nitrogens is 2. The van der Waals surface area contributed by atoms with E-state index in [1.165, 1.54) is 0 Å². The Morgan fingerprint density at radius 1 is 1.35 bits per heavy atom. The van der Waals surface area contributed by atoms with E-state index >= 15 is 0 Å². The van der Waals surface area contributed by atoms with Crippen LogP contribution < -0.4 is 15.4 Å². The molecule has 1 aliphatic rings. The SMILES string of the molecule is COc1ccc(Cl)cc1-c1cc(NC(=O)C2CCNCC2)n[nH]1. The molecule has 1 aromatic carbocycles. The maximum Gasteiger partial charge on any atom is 0.228 e. The van der Waals surface area contributed by atoms with Crippen LogP contribution >= 0.6 is 11.6 Å². The summed E-state index contributed by atoms with van der Waals surface area (Å²) in [4.78, 5) is 12.3. The van der Waals surface area contributed by atoms with Crippen molar-refractivity contribution in [1.29, 1.82) is 0 Å². The maximum absolute atomic E-state index is 12.3. The Hall–Kier alpha value is -2.05. The van der Waals surface area contributed by atoms with E-state index < -0.39 is 0 Å². The van der Waals surface area contributed by atoms with Crippen LogP contribution in [-0.2, 0) is 4.79 Å². The molecule has 3 rings (SSSR count). The summed E-state index contributed by atoms with van der Waals surface area (Å²) in [5, 5.41) is 13.8. The third kappa shape index (κ3) is 3.65. The Morgan fingerprint density at radius 2 is 2.13 bits per heavy atom. The quantitative estimate of drug-likeness (QED) is 0.803. The number of H-pyrrole nitrogens is 1. The van der Waals surface area contributed by atoms with Crippen LogP contribution in [-0.4, -0.2) is 36.3 Å². The second-order valence-electron chi connectivity index (χ2n) is 5.52. The number of rotatable bonds is 4. The average Bonchev–Trinajstić information content (AvgIpc) is 3.04. The zero-order valence-corrected chi connectivity index (χ0v) is 13.6. The molecule has 1 saturated heterocycles. The van der Waals surface area contributed by atoms with Gasteiger partial charge in [0.05, 0.1) is 12.8 Å². The second-order valence-corrected chi connectivity index (χ2v) is 5.96. The number of anilines is 1. The van der Waals surface area contributed by atoms with E-state index in [1.54, 1.807) is 31.4 Å². The predicted octanol–water partition coefficient (Wildman–Crippen LogP) is 2.68. The number of carbonyl (C=O) groups is 1. The minimum Gasteiger partial charge on any atom is -0.496 e. The molecule has 0 spiro atoms. The predicted molar refractivity (Wildman–Crippen MR) is 89.8 cm³/mol. The summed E-state index contributed by atoms with van der Waals surface area (Å²) in [6, 6.07) is 7.14. The molecule has 2 aromatic rings. The number of aromatic amines is 1. The molecule has 2 heterocycles. The van der Waals surface area contributed by atoms with Gasteiger partial charge in [0.1, 0.15) is 5.75 Å². The van der Waals surface area contributed by atoms with Gasteiger partial charge in [-0.1, -0.05) is 11.6 Å². The normalized spacial score (nSPS) is 15.4. The van der Waals surface area contributed by atoms with Crippen LogP contribution in [0.3, 0.4) is 0 Å². The van der Waals surface area contributed by atoms with E-state index in [1.807, 2.05) is 0 Å². The number of ether oxygens (including phenoxy) is 1. The van der Waals surface area contributed by atoms with Gasteiger partial charge in [0.15, 0.2) is 5.82 Å². The Morgan fingerprint density at radius 3 is 2.87 bits per heavy atom. The van der Waals surface area contributed by atoms with Crippen LogP contribution in [0.1, 0.15) is 12.8 Å². The van der Waals surface area contributed by atoms with E-state index in [0.717, 1.165) is 37.2 Å². The van der Waals surface area contributed by atoms with E-state index in [9.17, 15) is 4.79 Å². The fourth-order valence-corrected chi connectivity index (χ4v) is 2.90. The van der Waals surface area contributed by atoms with Crippen molar-refractivity contribution in [3.05, 3.63) is 29.3 Å². The van der Waals surface area contributed by atoms with Gasteiger partial charge >= 0.3 is 0 Å². The highest BCUT2D eigenvalue weighted by molar-refractivity contribution is 6.31. The fraction of sp³-hybridized carbons (Fsp3) is 0.375. The van der Waals surface area contributed by atoms with Crippen LogP contribution in [0.25, 0.3) is 11.3 Å². The first-order valence-corrected chi connectivity index (χ1v) is 7.96. The van der Waals surface area contributed by atoms with Crippen molar-refractivity contribution in [1.82, 2.24) is 15.5 Å². The first kappa shape index (κ1) is 15.8. The minimum absolute atomic E-state index is 0.0163. The van der Waals surface area contributed by atoms with Gasteiger partial charge < -0.3 is 15.4 Å². The largest absolute Gasteiger partial charge is 0.496 e. The van der Waals surface area contributed by atoms with Crippen LogP contribution in [0, 0.1) is 5.92 Å². The van der Waals surface area contributed by atoms with Crippen LogP contribution in [0.15, 0.2) is 24.3 Å². The molecule has 0 unspecified atom stereocenters. The molecule has 1 aliphatic heterocycles. The highest BCUT2D eigenvalue weighted by Gasteiger charge is 2.21. The maximum atomic E-state index is 12.3. The smallest absolute Gasteiger partial charge is 0.228 e. The van der Waals surface area contributed by atoms with E-state index in [2.05, 4.69) is 20.8 Å². The first-order chi connectivity index (χ1) is 11.2. The number of benzene rings is 1. The number of piperidine rings is 1. The Balaban J connectivity index is 1.75. The molecule has 0 saturated carbocycles. The summed E-state index contributed by atoms with van der Waals surface area (Å²) in [5.41, 5.74) is 1.54. The number of halogens is 1. The average molecular weight is 335 g/mol. The van der Waals surface area contributed by atoms with E-state index in [-0.39, 0.29) is 11.8 Å². The van der Waals surface area contributed by atoms with Gasteiger partial charge in [-0.3, -0.25) is 9.89 Å². The Bertz CT molecular complexity index is 695. The number of methoxy groups -OCH3 is 1. The van der Waals surface area contributed by atoms with Crippen molar-refractivity contribution in [2.24, 2.45) is 5.92 Å². The van der Waals surface area contributed by atoms with Crippen molar-refractivity contribution in [2.45, 2.75) is 12.8 Å². The van der Waals surface area contributed by atoms with E-state index in [4.69, 9.17) is 16.3 Å². The van der Waals surface area contributed by atoms with Crippen LogP contribution in [0.5, 0.6) is 5.75 Å². The van der Waals surface area contributed by atoms with Crippen molar-refractivity contribution < 1.29 is 9.53 Å².